The van der Waals surface area contributed by atoms with Crippen LogP contribution in [0, 0.1) is 5.41 Å². The minimum absolute atomic E-state index is 0.0221. The molecule has 0 aromatic rings. The van der Waals surface area contributed by atoms with E-state index >= 15 is 0 Å². The number of hydrogen-bond donors (Lipinski definition) is 1. The first-order valence-electron chi connectivity index (χ1n) is 7.61. The Labute approximate surface area is 114 Å². The van der Waals surface area contributed by atoms with Gasteiger partial charge < -0.3 is 5.32 Å². The zero-order valence-electron chi connectivity index (χ0n) is 11.9. The molecule has 2 saturated carbocycles. The third-order valence-electron chi connectivity index (χ3n) is 5.00. The fourth-order valence-electron chi connectivity index (χ4n) is 3.54. The number of likely N-dealkylation sites (tertiary alicyclic amines) is 1. The van der Waals surface area contributed by atoms with Crippen LogP contribution in [0.25, 0.3) is 0 Å². The molecule has 1 saturated heterocycles. The van der Waals surface area contributed by atoms with Crippen molar-refractivity contribution in [2.45, 2.75) is 76.9 Å². The van der Waals surface area contributed by atoms with E-state index in [-0.39, 0.29) is 29.3 Å². The van der Waals surface area contributed by atoms with Gasteiger partial charge in [-0.15, -0.1) is 0 Å². The summed E-state index contributed by atoms with van der Waals surface area (Å²) in [5, 5.41) is 3.49. The number of nitrogens with one attached hydrogen (secondary N) is 1. The van der Waals surface area contributed by atoms with Gasteiger partial charge in [0.15, 0.2) is 0 Å². The fraction of sp³-hybridized carbons (Fsp3) is 0.867. The second-order valence-corrected chi connectivity index (χ2v) is 7.04. The van der Waals surface area contributed by atoms with Crippen LogP contribution in [0.5, 0.6) is 0 Å². The van der Waals surface area contributed by atoms with Crippen LogP contribution < -0.4 is 5.32 Å². The van der Waals surface area contributed by atoms with E-state index < -0.39 is 0 Å². The molecule has 4 heteroatoms. The van der Waals surface area contributed by atoms with Crippen molar-refractivity contribution in [3.63, 3.8) is 0 Å². The average molecular weight is 264 g/mol. The zero-order valence-corrected chi connectivity index (χ0v) is 11.9. The van der Waals surface area contributed by atoms with Crippen LogP contribution in [0.15, 0.2) is 0 Å². The lowest BCUT2D eigenvalue weighted by Gasteiger charge is -2.40. The van der Waals surface area contributed by atoms with Crippen molar-refractivity contribution in [1.82, 2.24) is 10.2 Å². The third-order valence-corrected chi connectivity index (χ3v) is 5.00. The number of amides is 2. The van der Waals surface area contributed by atoms with Gasteiger partial charge in [-0.25, -0.2) is 0 Å². The summed E-state index contributed by atoms with van der Waals surface area (Å²) >= 11 is 0. The van der Waals surface area contributed by atoms with E-state index in [9.17, 15) is 9.59 Å². The third kappa shape index (κ3) is 2.42. The molecular weight excluding hydrogens is 240 g/mol. The van der Waals surface area contributed by atoms with Gasteiger partial charge in [0.1, 0.15) is 0 Å². The zero-order chi connectivity index (χ0) is 13.6. The molecule has 2 aliphatic carbocycles. The molecule has 2 amide bonds. The highest BCUT2D eigenvalue weighted by Crippen LogP contribution is 2.37. The van der Waals surface area contributed by atoms with E-state index in [1.807, 2.05) is 0 Å². The second kappa shape index (κ2) is 4.58. The molecule has 0 radical (unpaired) electrons. The van der Waals surface area contributed by atoms with Crippen molar-refractivity contribution in [2.24, 2.45) is 5.41 Å². The molecule has 0 spiro atoms. The van der Waals surface area contributed by atoms with Crippen molar-refractivity contribution in [3.8, 4) is 0 Å². The van der Waals surface area contributed by atoms with E-state index in [0.29, 0.717) is 12.5 Å². The Hall–Kier alpha value is -0.900. The van der Waals surface area contributed by atoms with Crippen LogP contribution in [0.2, 0.25) is 0 Å². The van der Waals surface area contributed by atoms with Crippen molar-refractivity contribution < 1.29 is 9.59 Å². The Morgan fingerprint density at radius 2 is 1.89 bits per heavy atom. The fourth-order valence-corrected chi connectivity index (χ4v) is 3.54. The molecule has 3 aliphatic rings. The Morgan fingerprint density at radius 1 is 1.16 bits per heavy atom. The van der Waals surface area contributed by atoms with Crippen molar-refractivity contribution in [3.05, 3.63) is 0 Å². The smallest absolute Gasteiger partial charge is 0.247 e. The topological polar surface area (TPSA) is 49.4 Å². The Bertz CT molecular complexity index is 401. The predicted octanol–water partition coefficient (Wildman–Crippen LogP) is 1.83. The van der Waals surface area contributed by atoms with E-state index in [4.69, 9.17) is 0 Å². The summed E-state index contributed by atoms with van der Waals surface area (Å²) in [6, 6.07) is 0.309. The Kier molecular flexibility index (Phi) is 3.16. The normalized spacial score (nSPS) is 34.9. The summed E-state index contributed by atoms with van der Waals surface area (Å²) in [6.45, 7) is 4.54. The minimum Gasteiger partial charge on any atom is -0.302 e. The highest BCUT2D eigenvalue weighted by atomic mass is 16.2. The summed E-state index contributed by atoms with van der Waals surface area (Å²) in [5.74, 6) is 0.0486. The van der Waals surface area contributed by atoms with Gasteiger partial charge in [0.2, 0.25) is 11.8 Å². The van der Waals surface area contributed by atoms with Crippen LogP contribution in [0.1, 0.15) is 58.8 Å². The van der Waals surface area contributed by atoms with Gasteiger partial charge in [-0.1, -0.05) is 26.7 Å². The Morgan fingerprint density at radius 3 is 2.53 bits per heavy atom. The lowest BCUT2D eigenvalue weighted by atomic mass is 9.73. The minimum atomic E-state index is -0.268. The molecule has 0 bridgehead atoms. The molecule has 1 aliphatic heterocycles. The van der Waals surface area contributed by atoms with Crippen LogP contribution >= 0.6 is 0 Å². The highest BCUT2D eigenvalue weighted by molar-refractivity contribution is 6.06. The predicted molar refractivity (Wildman–Crippen MR) is 72.5 cm³/mol. The number of carbonyl (C=O) groups is 2. The Balaban J connectivity index is 1.66. The van der Waals surface area contributed by atoms with Crippen LogP contribution in [0.3, 0.4) is 0 Å². The first-order valence-corrected chi connectivity index (χ1v) is 7.61. The van der Waals surface area contributed by atoms with Crippen LogP contribution in [-0.2, 0) is 9.59 Å². The molecule has 0 aromatic carbocycles. The molecule has 0 aromatic heterocycles. The number of hydrogen-bond acceptors (Lipinski definition) is 3. The largest absolute Gasteiger partial charge is 0.302 e. The number of imide groups is 1. The molecule has 1 N–H and O–H groups in total. The quantitative estimate of drug-likeness (QED) is 0.791. The monoisotopic (exact) mass is 264 g/mol. The molecule has 3 rings (SSSR count). The molecule has 3 fully saturated rings. The van der Waals surface area contributed by atoms with Crippen LogP contribution in [0.4, 0.5) is 0 Å². The van der Waals surface area contributed by atoms with Gasteiger partial charge >= 0.3 is 0 Å². The van der Waals surface area contributed by atoms with Crippen LogP contribution in [-0.4, -0.2) is 34.8 Å². The lowest BCUT2D eigenvalue weighted by Crippen LogP contribution is -2.51. The maximum absolute atomic E-state index is 12.3. The molecule has 2 unspecified atom stereocenters. The van der Waals surface area contributed by atoms with E-state index in [0.717, 1.165) is 19.3 Å². The molecular formula is C15H24N2O2. The summed E-state index contributed by atoms with van der Waals surface area (Å²) < 4.78 is 0. The molecule has 2 atom stereocenters. The van der Waals surface area contributed by atoms with Gasteiger partial charge in [0, 0.05) is 12.1 Å². The maximum Gasteiger partial charge on any atom is 0.247 e. The number of rotatable bonds is 3. The van der Waals surface area contributed by atoms with E-state index in [2.05, 4.69) is 19.2 Å². The SMILES string of the molecule is CC1(C)CCCCC1NC1CC(=O)N(C2CC2)C1=O. The standard InChI is InChI=1S/C15H24N2O2/c1-15(2)8-4-3-5-12(15)16-11-9-13(18)17(14(11)19)10-6-7-10/h10-12,16H,3-9H2,1-2H3. The molecule has 106 valence electrons. The lowest BCUT2D eigenvalue weighted by molar-refractivity contribution is -0.139. The first kappa shape index (κ1) is 13.1. The molecule has 4 nitrogen and oxygen atoms in total. The molecule has 19 heavy (non-hydrogen) atoms. The summed E-state index contributed by atoms with van der Waals surface area (Å²) in [4.78, 5) is 25.8. The maximum atomic E-state index is 12.3. The summed E-state index contributed by atoms with van der Waals surface area (Å²) in [7, 11) is 0. The van der Waals surface area contributed by atoms with Gasteiger partial charge in [0.05, 0.1) is 12.5 Å². The second-order valence-electron chi connectivity index (χ2n) is 7.04. The first-order chi connectivity index (χ1) is 8.99. The van der Waals surface area contributed by atoms with Crippen molar-refractivity contribution in [1.29, 1.82) is 0 Å². The van der Waals surface area contributed by atoms with Gasteiger partial charge in [-0.05, 0) is 31.1 Å². The number of carbonyl (C=O) groups excluding carboxylic acids is 2. The summed E-state index contributed by atoms with van der Waals surface area (Å²) in [6.07, 6.45) is 7.18. The summed E-state index contributed by atoms with van der Waals surface area (Å²) in [5.41, 5.74) is 0.231. The average Bonchev–Trinajstić information content (AvgIpc) is 3.11. The van der Waals surface area contributed by atoms with Crippen molar-refractivity contribution >= 4 is 11.8 Å². The molecule has 1 heterocycles. The van der Waals surface area contributed by atoms with E-state index in [1.165, 1.54) is 24.2 Å². The van der Waals surface area contributed by atoms with Gasteiger partial charge in [0.25, 0.3) is 0 Å². The van der Waals surface area contributed by atoms with Gasteiger partial charge in [-0.3, -0.25) is 14.5 Å². The highest BCUT2D eigenvalue weighted by Gasteiger charge is 2.47. The van der Waals surface area contributed by atoms with Crippen molar-refractivity contribution in [2.75, 3.05) is 0 Å². The van der Waals surface area contributed by atoms with Gasteiger partial charge in [-0.2, -0.15) is 0 Å². The number of nitrogens with zero attached hydrogens (tertiary/aromatic N) is 1. The van der Waals surface area contributed by atoms with E-state index in [1.54, 1.807) is 0 Å².